The van der Waals surface area contributed by atoms with Crippen molar-refractivity contribution in [3.05, 3.63) is 12.2 Å². The Hall–Kier alpha value is -0.790. The van der Waals surface area contributed by atoms with Crippen LogP contribution in [0, 0.1) is 5.92 Å². The average molecular weight is 591 g/mol. The van der Waals surface area contributed by atoms with Gasteiger partial charge in [0.25, 0.3) is 0 Å². The summed E-state index contributed by atoms with van der Waals surface area (Å²) in [6, 6.07) is 0. The van der Waals surface area contributed by atoms with Gasteiger partial charge in [-0.05, 0) is 44.4 Å². The molecular formula is C40H78O2. The highest BCUT2D eigenvalue weighted by Gasteiger charge is 2.03. The standard InChI is InChI=1S/C40H78O2/c1-4-6-7-8-9-10-11-12-13-14-15-19-22-25-28-31-34-37-40(41)42-38-35-32-29-26-23-20-17-16-18-21-24-27-30-33-36-39(3)5-2/h12-13,39H,4-11,14-38H2,1-3H3. The maximum atomic E-state index is 12.0. The van der Waals surface area contributed by atoms with Crippen LogP contribution >= 0.6 is 0 Å². The van der Waals surface area contributed by atoms with Gasteiger partial charge in [0.15, 0.2) is 0 Å². The van der Waals surface area contributed by atoms with Gasteiger partial charge in [0.2, 0.25) is 0 Å². The molecule has 1 atom stereocenters. The number of allylic oxidation sites excluding steroid dienone is 2. The molecule has 0 saturated carbocycles. The van der Waals surface area contributed by atoms with Crippen molar-refractivity contribution in [2.45, 2.75) is 226 Å². The van der Waals surface area contributed by atoms with E-state index in [1.165, 1.54) is 186 Å². The van der Waals surface area contributed by atoms with E-state index in [1.54, 1.807) is 0 Å². The number of hydrogen-bond donors (Lipinski definition) is 0. The average Bonchev–Trinajstić information content (AvgIpc) is 3.00. The Morgan fingerprint density at radius 3 is 1.33 bits per heavy atom. The highest BCUT2D eigenvalue weighted by molar-refractivity contribution is 5.69. The van der Waals surface area contributed by atoms with Crippen LogP contribution in [-0.2, 0) is 9.53 Å². The number of ether oxygens (including phenoxy) is 1. The molecule has 0 radical (unpaired) electrons. The first kappa shape index (κ1) is 41.2. The van der Waals surface area contributed by atoms with Crippen LogP contribution in [0.5, 0.6) is 0 Å². The lowest BCUT2D eigenvalue weighted by molar-refractivity contribution is -0.143. The molecule has 42 heavy (non-hydrogen) atoms. The van der Waals surface area contributed by atoms with Gasteiger partial charge >= 0.3 is 5.97 Å². The lowest BCUT2D eigenvalue weighted by Gasteiger charge is -2.07. The molecule has 0 amide bonds. The molecule has 0 aliphatic carbocycles. The summed E-state index contributed by atoms with van der Waals surface area (Å²) < 4.78 is 5.45. The van der Waals surface area contributed by atoms with Gasteiger partial charge in [-0.2, -0.15) is 0 Å². The minimum atomic E-state index is 0.0221. The third kappa shape index (κ3) is 35.4. The van der Waals surface area contributed by atoms with Gasteiger partial charge in [0.05, 0.1) is 6.61 Å². The molecule has 2 nitrogen and oxygen atoms in total. The Morgan fingerprint density at radius 1 is 0.500 bits per heavy atom. The molecule has 0 aliphatic heterocycles. The van der Waals surface area contributed by atoms with Crippen molar-refractivity contribution in [3.8, 4) is 0 Å². The number of carbonyl (C=O) groups excluding carboxylic acids is 1. The first-order valence-electron chi connectivity index (χ1n) is 19.5. The monoisotopic (exact) mass is 591 g/mol. The molecule has 0 heterocycles. The first-order chi connectivity index (χ1) is 20.7. The summed E-state index contributed by atoms with van der Waals surface area (Å²) in [6.45, 7) is 7.61. The fourth-order valence-corrected chi connectivity index (χ4v) is 5.87. The summed E-state index contributed by atoms with van der Waals surface area (Å²) in [5.41, 5.74) is 0. The molecule has 0 aromatic heterocycles. The van der Waals surface area contributed by atoms with Crippen LogP contribution in [0.2, 0.25) is 0 Å². The largest absolute Gasteiger partial charge is 0.466 e. The lowest BCUT2D eigenvalue weighted by atomic mass is 9.99. The first-order valence-corrected chi connectivity index (χ1v) is 19.5. The zero-order chi connectivity index (χ0) is 30.6. The van der Waals surface area contributed by atoms with Gasteiger partial charge in [-0.15, -0.1) is 0 Å². The molecule has 0 aromatic rings. The van der Waals surface area contributed by atoms with E-state index in [0.717, 1.165) is 18.8 Å². The zero-order valence-corrected chi connectivity index (χ0v) is 29.4. The SMILES string of the molecule is CCCCCCCCC=CCCCCCCCCCC(=O)OCCCCCCCCCCCCCCCCC(C)CC. The minimum Gasteiger partial charge on any atom is -0.466 e. The summed E-state index contributed by atoms with van der Waals surface area (Å²) in [4.78, 5) is 12.0. The van der Waals surface area contributed by atoms with Gasteiger partial charge in [-0.1, -0.05) is 193 Å². The maximum Gasteiger partial charge on any atom is 0.305 e. The Labute approximate surface area is 266 Å². The predicted octanol–water partition coefficient (Wildman–Crippen LogP) is 14.2. The summed E-state index contributed by atoms with van der Waals surface area (Å²) in [5.74, 6) is 0.948. The molecular weight excluding hydrogens is 512 g/mol. The predicted molar refractivity (Wildman–Crippen MR) is 188 cm³/mol. The van der Waals surface area contributed by atoms with E-state index in [9.17, 15) is 4.79 Å². The Balaban J connectivity index is 3.19. The van der Waals surface area contributed by atoms with Crippen molar-refractivity contribution in [2.75, 3.05) is 6.61 Å². The van der Waals surface area contributed by atoms with Crippen LogP contribution in [0.4, 0.5) is 0 Å². The second kappa shape index (κ2) is 36.4. The van der Waals surface area contributed by atoms with E-state index in [1.807, 2.05) is 0 Å². The van der Waals surface area contributed by atoms with Crippen LogP contribution in [0.3, 0.4) is 0 Å². The van der Waals surface area contributed by atoms with E-state index in [2.05, 4.69) is 32.9 Å². The van der Waals surface area contributed by atoms with Gasteiger partial charge < -0.3 is 4.74 Å². The normalized spacial score (nSPS) is 12.4. The Bertz CT molecular complexity index is 540. The summed E-state index contributed by atoms with van der Waals surface area (Å²) in [7, 11) is 0. The van der Waals surface area contributed by atoms with Gasteiger partial charge in [-0.3, -0.25) is 4.79 Å². The van der Waals surface area contributed by atoms with Crippen LogP contribution in [0.25, 0.3) is 0 Å². The molecule has 0 saturated heterocycles. The summed E-state index contributed by atoms with van der Waals surface area (Å²) in [6.07, 6.45) is 47.0. The molecule has 1 unspecified atom stereocenters. The minimum absolute atomic E-state index is 0.0221. The van der Waals surface area contributed by atoms with E-state index in [-0.39, 0.29) is 5.97 Å². The van der Waals surface area contributed by atoms with Gasteiger partial charge in [-0.25, -0.2) is 0 Å². The number of unbranched alkanes of at least 4 members (excludes halogenated alkanes) is 26. The Kier molecular flexibility index (Phi) is 35.7. The third-order valence-electron chi connectivity index (χ3n) is 9.19. The van der Waals surface area contributed by atoms with Gasteiger partial charge in [0, 0.05) is 6.42 Å². The van der Waals surface area contributed by atoms with Crippen molar-refractivity contribution in [1.29, 1.82) is 0 Å². The highest BCUT2D eigenvalue weighted by atomic mass is 16.5. The highest BCUT2D eigenvalue weighted by Crippen LogP contribution is 2.16. The second-order valence-electron chi connectivity index (χ2n) is 13.5. The summed E-state index contributed by atoms with van der Waals surface area (Å²) in [5, 5.41) is 0. The lowest BCUT2D eigenvalue weighted by Crippen LogP contribution is -2.05. The van der Waals surface area contributed by atoms with Crippen molar-refractivity contribution in [2.24, 2.45) is 5.92 Å². The fraction of sp³-hybridized carbons (Fsp3) is 0.925. The molecule has 0 N–H and O–H groups in total. The van der Waals surface area contributed by atoms with Crippen molar-refractivity contribution in [3.63, 3.8) is 0 Å². The number of rotatable bonds is 35. The van der Waals surface area contributed by atoms with Crippen LogP contribution < -0.4 is 0 Å². The zero-order valence-electron chi connectivity index (χ0n) is 29.4. The van der Waals surface area contributed by atoms with E-state index in [0.29, 0.717) is 13.0 Å². The van der Waals surface area contributed by atoms with E-state index >= 15 is 0 Å². The van der Waals surface area contributed by atoms with Crippen LogP contribution in [0.1, 0.15) is 226 Å². The number of carbonyl (C=O) groups is 1. The third-order valence-corrected chi connectivity index (χ3v) is 9.19. The number of hydrogen-bond acceptors (Lipinski definition) is 2. The number of esters is 1. The molecule has 0 aliphatic rings. The molecule has 0 spiro atoms. The van der Waals surface area contributed by atoms with E-state index in [4.69, 9.17) is 4.74 Å². The van der Waals surface area contributed by atoms with Crippen LogP contribution in [0.15, 0.2) is 12.2 Å². The molecule has 0 aromatic carbocycles. The summed E-state index contributed by atoms with van der Waals surface area (Å²) >= 11 is 0. The molecule has 0 rings (SSSR count). The quantitative estimate of drug-likeness (QED) is 0.0417. The van der Waals surface area contributed by atoms with Gasteiger partial charge in [0.1, 0.15) is 0 Å². The maximum absolute atomic E-state index is 12.0. The van der Waals surface area contributed by atoms with Crippen molar-refractivity contribution < 1.29 is 9.53 Å². The second-order valence-corrected chi connectivity index (χ2v) is 13.5. The molecule has 0 fully saturated rings. The molecule has 250 valence electrons. The van der Waals surface area contributed by atoms with Crippen molar-refractivity contribution >= 4 is 5.97 Å². The topological polar surface area (TPSA) is 26.3 Å². The van der Waals surface area contributed by atoms with Crippen LogP contribution in [-0.4, -0.2) is 12.6 Å². The van der Waals surface area contributed by atoms with E-state index < -0.39 is 0 Å². The fourth-order valence-electron chi connectivity index (χ4n) is 5.87. The Morgan fingerprint density at radius 2 is 0.881 bits per heavy atom. The molecule has 2 heteroatoms. The van der Waals surface area contributed by atoms with Crippen molar-refractivity contribution in [1.82, 2.24) is 0 Å². The molecule has 0 bridgehead atoms. The smallest absolute Gasteiger partial charge is 0.305 e.